The Morgan fingerprint density at radius 3 is 2.62 bits per heavy atom. The van der Waals surface area contributed by atoms with E-state index in [0.29, 0.717) is 5.02 Å². The number of hydrogen-bond donors (Lipinski definition) is 1. The van der Waals surface area contributed by atoms with E-state index < -0.39 is 0 Å². The summed E-state index contributed by atoms with van der Waals surface area (Å²) < 4.78 is 1.99. The first kappa shape index (κ1) is 18.9. The summed E-state index contributed by atoms with van der Waals surface area (Å²) >= 11 is 7.72. The summed E-state index contributed by atoms with van der Waals surface area (Å²) in [5, 5.41) is 6.94. The molecule has 0 atom stereocenters. The Labute approximate surface area is 171 Å². The van der Waals surface area contributed by atoms with E-state index in [1.165, 1.54) is 5.56 Å². The zero-order valence-corrected chi connectivity index (χ0v) is 17.6. The maximum Gasteiger partial charge on any atom is 0.187 e. The van der Waals surface area contributed by atoms with E-state index in [1.807, 2.05) is 35.0 Å². The largest absolute Gasteiger partial charge is 0.332 e. The lowest BCUT2D eigenvalue weighted by atomic mass is 10.1. The van der Waals surface area contributed by atoms with Gasteiger partial charge in [0.1, 0.15) is 11.3 Å². The predicted octanol–water partition coefficient (Wildman–Crippen LogP) is 6.30. The molecular formula is C19H18BrClN4S. The van der Waals surface area contributed by atoms with Gasteiger partial charge in [-0.15, -0.1) is 28.3 Å². The summed E-state index contributed by atoms with van der Waals surface area (Å²) in [5.41, 5.74) is 6.04. The minimum Gasteiger partial charge on any atom is -0.332 e. The van der Waals surface area contributed by atoms with Crippen molar-refractivity contribution < 1.29 is 0 Å². The zero-order chi connectivity index (χ0) is 17.4. The lowest BCUT2D eigenvalue weighted by Crippen LogP contribution is -1.92. The van der Waals surface area contributed by atoms with Crippen LogP contribution in [0.25, 0.3) is 17.0 Å². The lowest BCUT2D eigenvalue weighted by molar-refractivity contribution is 1.14. The maximum absolute atomic E-state index is 6.15. The third-order valence-electron chi connectivity index (χ3n) is 4.12. The van der Waals surface area contributed by atoms with E-state index in [-0.39, 0.29) is 17.0 Å². The molecule has 0 spiro atoms. The van der Waals surface area contributed by atoms with Crippen LogP contribution in [0.4, 0.5) is 10.8 Å². The number of imidazole rings is 1. The van der Waals surface area contributed by atoms with Crippen LogP contribution in [-0.4, -0.2) is 14.4 Å². The summed E-state index contributed by atoms with van der Waals surface area (Å²) in [5.74, 6) is 0. The van der Waals surface area contributed by atoms with Crippen LogP contribution in [-0.2, 0) is 6.42 Å². The van der Waals surface area contributed by atoms with Crippen molar-refractivity contribution in [3.05, 3.63) is 64.3 Å². The van der Waals surface area contributed by atoms with Crippen molar-refractivity contribution in [2.24, 2.45) is 0 Å². The Morgan fingerprint density at radius 1 is 1.12 bits per heavy atom. The van der Waals surface area contributed by atoms with Gasteiger partial charge >= 0.3 is 0 Å². The molecule has 0 aliphatic rings. The Bertz CT molecular complexity index is 1040. The molecule has 134 valence electrons. The van der Waals surface area contributed by atoms with Crippen molar-refractivity contribution in [1.29, 1.82) is 0 Å². The normalized spacial score (nSPS) is 10.7. The van der Waals surface area contributed by atoms with Crippen LogP contribution in [0.1, 0.15) is 18.2 Å². The highest BCUT2D eigenvalue weighted by Gasteiger charge is 2.14. The second kappa shape index (κ2) is 7.78. The first-order chi connectivity index (χ1) is 12.1. The second-order valence-corrected chi connectivity index (χ2v) is 7.13. The zero-order valence-electron chi connectivity index (χ0n) is 14.4. The molecule has 0 radical (unpaired) electrons. The van der Waals surface area contributed by atoms with E-state index in [9.17, 15) is 0 Å². The monoisotopic (exact) mass is 448 g/mol. The molecule has 0 amide bonds. The number of aryl methyl sites for hydroxylation is 2. The molecule has 0 unspecified atom stereocenters. The number of thiazole rings is 1. The van der Waals surface area contributed by atoms with Crippen LogP contribution in [0, 0.1) is 6.92 Å². The minimum atomic E-state index is 0. The van der Waals surface area contributed by atoms with Crippen molar-refractivity contribution >= 4 is 56.4 Å². The SMILES string of the molecule is Br.CCc1ccc(Nc2nc(-c3c(C)nc4ccc(Cl)cn34)cs2)cc1. The molecule has 1 aromatic carbocycles. The second-order valence-electron chi connectivity index (χ2n) is 5.83. The van der Waals surface area contributed by atoms with Gasteiger partial charge in [-0.3, -0.25) is 4.40 Å². The lowest BCUT2D eigenvalue weighted by Gasteiger charge is -2.04. The van der Waals surface area contributed by atoms with Crippen LogP contribution in [0.3, 0.4) is 0 Å². The molecule has 4 aromatic rings. The number of pyridine rings is 1. The van der Waals surface area contributed by atoms with Gasteiger partial charge in [-0.25, -0.2) is 9.97 Å². The fraction of sp³-hybridized carbons (Fsp3) is 0.158. The molecule has 0 bridgehead atoms. The van der Waals surface area contributed by atoms with Crippen molar-refractivity contribution in [2.45, 2.75) is 20.3 Å². The van der Waals surface area contributed by atoms with Crippen LogP contribution < -0.4 is 5.32 Å². The molecule has 3 aromatic heterocycles. The van der Waals surface area contributed by atoms with E-state index in [2.05, 4.69) is 41.5 Å². The van der Waals surface area contributed by atoms with Crippen LogP contribution in [0.15, 0.2) is 48.0 Å². The standard InChI is InChI=1S/C19H17ClN4S.BrH/c1-3-13-4-7-15(8-5-13)22-19-23-16(11-25-19)18-12(2)21-17-9-6-14(20)10-24(17)18;/h4-11H,3H2,1-2H3,(H,22,23);1H. The van der Waals surface area contributed by atoms with Crippen molar-refractivity contribution in [2.75, 3.05) is 5.32 Å². The molecule has 0 saturated carbocycles. The van der Waals surface area contributed by atoms with Crippen molar-refractivity contribution in [1.82, 2.24) is 14.4 Å². The number of benzene rings is 1. The summed E-state index contributed by atoms with van der Waals surface area (Å²) in [4.78, 5) is 9.33. The average Bonchev–Trinajstić information content (AvgIpc) is 3.18. The maximum atomic E-state index is 6.15. The first-order valence-corrected chi connectivity index (χ1v) is 9.36. The number of nitrogens with one attached hydrogen (secondary N) is 1. The molecule has 0 aliphatic heterocycles. The molecule has 4 nitrogen and oxygen atoms in total. The predicted molar refractivity (Wildman–Crippen MR) is 115 cm³/mol. The minimum absolute atomic E-state index is 0. The highest BCUT2D eigenvalue weighted by Crippen LogP contribution is 2.30. The molecule has 4 rings (SSSR count). The van der Waals surface area contributed by atoms with Gasteiger partial charge < -0.3 is 5.32 Å². The van der Waals surface area contributed by atoms with Gasteiger partial charge in [-0.2, -0.15) is 0 Å². The molecule has 3 heterocycles. The Balaban J connectivity index is 0.00000196. The van der Waals surface area contributed by atoms with Gasteiger partial charge in [-0.05, 0) is 43.2 Å². The number of halogens is 2. The van der Waals surface area contributed by atoms with Gasteiger partial charge in [-0.1, -0.05) is 30.7 Å². The third kappa shape index (κ3) is 3.63. The number of hydrogen-bond acceptors (Lipinski definition) is 4. The van der Waals surface area contributed by atoms with Crippen LogP contribution in [0.2, 0.25) is 5.02 Å². The van der Waals surface area contributed by atoms with E-state index in [4.69, 9.17) is 16.6 Å². The summed E-state index contributed by atoms with van der Waals surface area (Å²) in [7, 11) is 0. The van der Waals surface area contributed by atoms with Gasteiger partial charge in [0, 0.05) is 17.3 Å². The van der Waals surface area contributed by atoms with E-state index in [0.717, 1.165) is 40.0 Å². The number of anilines is 2. The molecular weight excluding hydrogens is 432 g/mol. The summed E-state index contributed by atoms with van der Waals surface area (Å²) in [6.07, 6.45) is 2.92. The summed E-state index contributed by atoms with van der Waals surface area (Å²) in [6.45, 7) is 4.15. The van der Waals surface area contributed by atoms with Crippen LogP contribution >= 0.6 is 39.9 Å². The van der Waals surface area contributed by atoms with Gasteiger partial charge in [0.05, 0.1) is 16.4 Å². The number of aromatic nitrogens is 3. The highest BCUT2D eigenvalue weighted by atomic mass is 79.9. The Kier molecular flexibility index (Phi) is 5.65. The topological polar surface area (TPSA) is 42.2 Å². The van der Waals surface area contributed by atoms with E-state index in [1.54, 1.807) is 11.3 Å². The van der Waals surface area contributed by atoms with Crippen molar-refractivity contribution in [3.8, 4) is 11.4 Å². The molecule has 1 N–H and O–H groups in total. The fourth-order valence-electron chi connectivity index (χ4n) is 2.83. The first-order valence-electron chi connectivity index (χ1n) is 8.10. The van der Waals surface area contributed by atoms with Gasteiger partial charge in [0.2, 0.25) is 0 Å². The molecule has 7 heteroatoms. The Morgan fingerprint density at radius 2 is 1.88 bits per heavy atom. The summed E-state index contributed by atoms with van der Waals surface area (Å²) in [6, 6.07) is 12.2. The van der Waals surface area contributed by atoms with Gasteiger partial charge in [0.15, 0.2) is 5.13 Å². The molecule has 0 fully saturated rings. The van der Waals surface area contributed by atoms with Gasteiger partial charge in [0.25, 0.3) is 0 Å². The fourth-order valence-corrected chi connectivity index (χ4v) is 3.71. The van der Waals surface area contributed by atoms with Crippen LogP contribution in [0.5, 0.6) is 0 Å². The Hall–Kier alpha value is -1.89. The third-order valence-corrected chi connectivity index (χ3v) is 5.10. The average molecular weight is 450 g/mol. The molecule has 0 aliphatic carbocycles. The quantitative estimate of drug-likeness (QED) is 0.397. The smallest absolute Gasteiger partial charge is 0.187 e. The molecule has 0 saturated heterocycles. The number of rotatable bonds is 4. The number of nitrogens with zero attached hydrogens (tertiary/aromatic N) is 3. The van der Waals surface area contributed by atoms with Crippen molar-refractivity contribution in [3.63, 3.8) is 0 Å². The highest BCUT2D eigenvalue weighted by molar-refractivity contribution is 8.93. The van der Waals surface area contributed by atoms with E-state index >= 15 is 0 Å². The molecule has 26 heavy (non-hydrogen) atoms. The number of fused-ring (bicyclic) bond motifs is 1.